The number of Topliss-reactive ketones (excluding diaryl/α,β-unsaturated/α-hetero) is 1. The summed E-state index contributed by atoms with van der Waals surface area (Å²) in [4.78, 5) is 36.2. The molecule has 1 amide bonds. The third-order valence-electron chi connectivity index (χ3n) is 4.21. The third-order valence-corrected chi connectivity index (χ3v) is 4.21. The molecular weight excluding hydrogens is 381 g/mol. The van der Waals surface area contributed by atoms with Gasteiger partial charge in [0, 0.05) is 23.7 Å². The van der Waals surface area contributed by atoms with E-state index in [1.807, 2.05) is 0 Å². The summed E-state index contributed by atoms with van der Waals surface area (Å²) in [5.41, 5.74) is 0.789. The van der Waals surface area contributed by atoms with Crippen molar-refractivity contribution in [3.63, 3.8) is 0 Å². The maximum atomic E-state index is 12.9. The summed E-state index contributed by atoms with van der Waals surface area (Å²) in [5, 5.41) is 2.64. The Morgan fingerprint density at radius 2 is 1.72 bits per heavy atom. The highest BCUT2D eigenvalue weighted by Crippen LogP contribution is 2.32. The van der Waals surface area contributed by atoms with Crippen LogP contribution in [0.3, 0.4) is 0 Å². The monoisotopic (exact) mass is 401 g/mol. The number of hydrogen-bond acceptors (Lipinski definition) is 6. The van der Waals surface area contributed by atoms with Gasteiger partial charge in [0.1, 0.15) is 19.0 Å². The lowest BCUT2D eigenvalue weighted by Gasteiger charge is -2.19. The largest absolute Gasteiger partial charge is 0.486 e. The van der Waals surface area contributed by atoms with Crippen LogP contribution in [0.15, 0.2) is 42.5 Å². The zero-order valence-electron chi connectivity index (χ0n) is 15.8. The van der Waals surface area contributed by atoms with Gasteiger partial charge in [0.15, 0.2) is 23.4 Å². The number of halogens is 1. The fourth-order valence-electron chi connectivity index (χ4n) is 2.67. The molecule has 2 aromatic carbocycles. The number of benzene rings is 2. The van der Waals surface area contributed by atoms with E-state index in [2.05, 4.69) is 5.32 Å². The topological polar surface area (TPSA) is 90.9 Å². The lowest BCUT2D eigenvalue weighted by molar-refractivity contribution is -0.153. The normalized spacial score (nSPS) is 13.3. The number of anilines is 1. The molecule has 0 aliphatic carbocycles. The lowest BCUT2D eigenvalue weighted by atomic mass is 10.1. The second-order valence-electron chi connectivity index (χ2n) is 6.41. The molecule has 0 spiro atoms. The minimum atomic E-state index is -1.04. The Hall–Kier alpha value is -3.42. The Bertz CT molecular complexity index is 912. The molecule has 2 aromatic rings. The van der Waals surface area contributed by atoms with E-state index in [0.29, 0.717) is 36.0 Å². The van der Waals surface area contributed by atoms with Crippen LogP contribution >= 0.6 is 0 Å². The van der Waals surface area contributed by atoms with Gasteiger partial charge in [0.2, 0.25) is 0 Å². The van der Waals surface area contributed by atoms with Crippen molar-refractivity contribution < 1.29 is 33.0 Å². The number of carbonyl (C=O) groups is 3. The fourth-order valence-corrected chi connectivity index (χ4v) is 2.67. The number of ether oxygens (including phenoxy) is 3. The van der Waals surface area contributed by atoms with E-state index in [1.165, 1.54) is 31.2 Å². The molecule has 1 atom stereocenters. The molecule has 0 saturated heterocycles. The van der Waals surface area contributed by atoms with Gasteiger partial charge in [0.25, 0.3) is 5.91 Å². The number of rotatable bonds is 7. The van der Waals surface area contributed by atoms with Crippen LogP contribution in [0.1, 0.15) is 30.1 Å². The van der Waals surface area contributed by atoms with Gasteiger partial charge < -0.3 is 19.5 Å². The van der Waals surface area contributed by atoms with E-state index >= 15 is 0 Å². The van der Waals surface area contributed by atoms with Crippen molar-refractivity contribution in [1.29, 1.82) is 0 Å². The molecule has 1 heterocycles. The van der Waals surface area contributed by atoms with E-state index in [0.717, 1.165) is 0 Å². The molecule has 0 bridgehead atoms. The van der Waals surface area contributed by atoms with Crippen LogP contribution in [0.5, 0.6) is 11.5 Å². The molecule has 1 aliphatic rings. The van der Waals surface area contributed by atoms with Crippen molar-refractivity contribution in [3.8, 4) is 11.5 Å². The molecular formula is C21H20FNO6. The van der Waals surface area contributed by atoms with E-state index in [1.54, 1.807) is 18.2 Å². The van der Waals surface area contributed by atoms with Crippen LogP contribution in [0, 0.1) is 5.82 Å². The van der Waals surface area contributed by atoms with Gasteiger partial charge in [0.05, 0.1) is 6.42 Å². The molecule has 1 aliphatic heterocycles. The summed E-state index contributed by atoms with van der Waals surface area (Å²) in [7, 11) is 0. The Labute approximate surface area is 166 Å². The number of esters is 1. The van der Waals surface area contributed by atoms with Gasteiger partial charge in [-0.2, -0.15) is 0 Å². The Balaban J connectivity index is 1.47. The van der Waals surface area contributed by atoms with Crippen molar-refractivity contribution in [3.05, 3.63) is 53.8 Å². The Morgan fingerprint density at radius 3 is 2.45 bits per heavy atom. The van der Waals surface area contributed by atoms with Gasteiger partial charge in [-0.25, -0.2) is 4.39 Å². The average molecular weight is 401 g/mol. The SMILES string of the molecule is C[C@H](OC(=O)CCC(=O)c1ccc(F)cc1)C(=O)Nc1ccc2c(c1)OCCO2. The molecule has 152 valence electrons. The van der Waals surface area contributed by atoms with Crippen molar-refractivity contribution in [1.82, 2.24) is 0 Å². The minimum Gasteiger partial charge on any atom is -0.486 e. The molecule has 0 fully saturated rings. The zero-order chi connectivity index (χ0) is 20.8. The van der Waals surface area contributed by atoms with Crippen molar-refractivity contribution in [2.45, 2.75) is 25.9 Å². The van der Waals surface area contributed by atoms with Gasteiger partial charge >= 0.3 is 5.97 Å². The maximum absolute atomic E-state index is 12.9. The number of nitrogens with one attached hydrogen (secondary N) is 1. The zero-order valence-corrected chi connectivity index (χ0v) is 15.8. The predicted molar refractivity (Wildman–Crippen MR) is 102 cm³/mol. The van der Waals surface area contributed by atoms with E-state index in [9.17, 15) is 18.8 Å². The van der Waals surface area contributed by atoms with Crippen LogP contribution in [0.2, 0.25) is 0 Å². The summed E-state index contributed by atoms with van der Waals surface area (Å²) in [6, 6.07) is 10.0. The van der Waals surface area contributed by atoms with E-state index in [-0.39, 0.29) is 18.6 Å². The van der Waals surface area contributed by atoms with Gasteiger partial charge in [-0.3, -0.25) is 14.4 Å². The second kappa shape index (κ2) is 9.18. The fraction of sp³-hybridized carbons (Fsp3) is 0.286. The molecule has 0 saturated carbocycles. The minimum absolute atomic E-state index is 0.0963. The first-order valence-corrected chi connectivity index (χ1v) is 9.11. The highest BCUT2D eigenvalue weighted by Gasteiger charge is 2.20. The Morgan fingerprint density at radius 1 is 1.03 bits per heavy atom. The van der Waals surface area contributed by atoms with Crippen LogP contribution in [0.4, 0.5) is 10.1 Å². The first-order valence-electron chi connectivity index (χ1n) is 9.11. The summed E-state index contributed by atoms with van der Waals surface area (Å²) in [6.07, 6.45) is -1.32. The standard InChI is InChI=1S/C21H20FNO6/c1-13(21(26)23-16-6-8-18-19(12-16)28-11-10-27-18)29-20(25)9-7-17(24)14-2-4-15(22)5-3-14/h2-6,8,12-13H,7,9-11H2,1H3,(H,23,26)/t13-/m0/s1. The average Bonchev–Trinajstić information content (AvgIpc) is 2.72. The smallest absolute Gasteiger partial charge is 0.307 e. The quantitative estimate of drug-likeness (QED) is 0.566. The number of ketones is 1. The van der Waals surface area contributed by atoms with E-state index in [4.69, 9.17) is 14.2 Å². The van der Waals surface area contributed by atoms with Crippen LogP contribution in [-0.4, -0.2) is 37.0 Å². The van der Waals surface area contributed by atoms with Crippen molar-refractivity contribution in [2.24, 2.45) is 0 Å². The lowest BCUT2D eigenvalue weighted by Crippen LogP contribution is -2.30. The second-order valence-corrected chi connectivity index (χ2v) is 6.41. The first kappa shape index (κ1) is 20.3. The maximum Gasteiger partial charge on any atom is 0.307 e. The van der Waals surface area contributed by atoms with Gasteiger partial charge in [-0.1, -0.05) is 0 Å². The van der Waals surface area contributed by atoms with Crippen molar-refractivity contribution in [2.75, 3.05) is 18.5 Å². The molecule has 0 radical (unpaired) electrons. The van der Waals surface area contributed by atoms with Crippen LogP contribution in [-0.2, 0) is 14.3 Å². The summed E-state index contributed by atoms with van der Waals surface area (Å²) in [6.45, 7) is 2.33. The number of amides is 1. The van der Waals surface area contributed by atoms with Crippen LogP contribution in [0.25, 0.3) is 0 Å². The molecule has 8 heteroatoms. The predicted octanol–water partition coefficient (Wildman–Crippen LogP) is 3.13. The molecule has 3 rings (SSSR count). The summed E-state index contributed by atoms with van der Waals surface area (Å²) < 4.78 is 28.8. The third kappa shape index (κ3) is 5.54. The van der Waals surface area contributed by atoms with Gasteiger partial charge in [-0.05, 0) is 43.3 Å². The molecule has 29 heavy (non-hydrogen) atoms. The van der Waals surface area contributed by atoms with Gasteiger partial charge in [-0.15, -0.1) is 0 Å². The first-order chi connectivity index (χ1) is 13.9. The molecule has 1 N–H and O–H groups in total. The van der Waals surface area contributed by atoms with Crippen LogP contribution < -0.4 is 14.8 Å². The van der Waals surface area contributed by atoms with E-state index < -0.39 is 23.8 Å². The highest BCUT2D eigenvalue weighted by molar-refractivity contribution is 5.98. The number of fused-ring (bicyclic) bond motifs is 1. The molecule has 0 unspecified atom stereocenters. The molecule has 7 nitrogen and oxygen atoms in total. The number of hydrogen-bond donors (Lipinski definition) is 1. The molecule has 0 aromatic heterocycles. The number of carbonyl (C=O) groups excluding carboxylic acids is 3. The highest BCUT2D eigenvalue weighted by atomic mass is 19.1. The summed E-state index contributed by atoms with van der Waals surface area (Å²) in [5.74, 6) is -0.822. The Kier molecular flexibility index (Phi) is 6.43. The summed E-state index contributed by atoms with van der Waals surface area (Å²) >= 11 is 0. The van der Waals surface area contributed by atoms with Crippen molar-refractivity contribution >= 4 is 23.3 Å².